The average Bonchev–Trinajstić information content (AvgIpc) is 2.35. The Balaban J connectivity index is 2.60. The molecule has 2 amide bonds. The van der Waals surface area contributed by atoms with Gasteiger partial charge in [0.05, 0.1) is 24.5 Å². The Bertz CT molecular complexity index is 434. The maximum atomic E-state index is 12.0. The normalized spacial score (nSPS) is 12.1. The van der Waals surface area contributed by atoms with E-state index >= 15 is 0 Å². The van der Waals surface area contributed by atoms with Gasteiger partial charge in [-0.2, -0.15) is 0 Å². The lowest BCUT2D eigenvalue weighted by molar-refractivity contribution is -0.119. The average molecular weight is 264 g/mol. The molecule has 104 valence electrons. The van der Waals surface area contributed by atoms with Crippen molar-refractivity contribution in [1.82, 2.24) is 20.2 Å². The van der Waals surface area contributed by atoms with Crippen LogP contribution in [0, 0.1) is 5.92 Å². The van der Waals surface area contributed by atoms with Crippen LogP contribution in [0.4, 0.5) is 4.79 Å². The molecule has 1 heterocycles. The van der Waals surface area contributed by atoms with Crippen LogP contribution in [0.2, 0.25) is 0 Å². The highest BCUT2D eigenvalue weighted by atomic mass is 16.2. The molecule has 1 unspecified atom stereocenters. The molecular formula is C13H20N4O2. The summed E-state index contributed by atoms with van der Waals surface area (Å²) >= 11 is 0. The summed E-state index contributed by atoms with van der Waals surface area (Å²) in [7, 11) is 1.65. The number of aromatic nitrogens is 2. The molecule has 1 N–H and O–H groups in total. The van der Waals surface area contributed by atoms with Gasteiger partial charge in [-0.25, -0.2) is 4.79 Å². The molecule has 19 heavy (non-hydrogen) atoms. The van der Waals surface area contributed by atoms with Crippen molar-refractivity contribution < 1.29 is 9.59 Å². The summed E-state index contributed by atoms with van der Waals surface area (Å²) < 4.78 is 0. The third kappa shape index (κ3) is 4.65. The zero-order valence-corrected chi connectivity index (χ0v) is 11.8. The number of rotatable bonds is 5. The maximum Gasteiger partial charge on any atom is 0.318 e. The molecule has 0 fully saturated rings. The van der Waals surface area contributed by atoms with Crippen LogP contribution >= 0.6 is 0 Å². The lowest BCUT2D eigenvalue weighted by atomic mass is 10.0. The van der Waals surface area contributed by atoms with Crippen molar-refractivity contribution in [2.24, 2.45) is 5.92 Å². The Kier molecular flexibility index (Phi) is 5.41. The quantitative estimate of drug-likeness (QED) is 0.868. The Labute approximate surface area is 113 Å². The number of hydrogen-bond acceptors (Lipinski definition) is 4. The fourth-order valence-corrected chi connectivity index (χ4v) is 1.71. The van der Waals surface area contributed by atoms with Crippen molar-refractivity contribution in [3.05, 3.63) is 24.3 Å². The molecule has 0 aliphatic rings. The van der Waals surface area contributed by atoms with Gasteiger partial charge in [0.1, 0.15) is 0 Å². The van der Waals surface area contributed by atoms with E-state index < -0.39 is 6.04 Å². The fraction of sp³-hybridized carbons (Fsp3) is 0.538. The number of nitrogens with one attached hydrogen (secondary N) is 1. The second-order valence-electron chi connectivity index (χ2n) is 4.83. The topological polar surface area (TPSA) is 75.2 Å². The SMILES string of the molecule is CC(=O)C(NC(=O)N(C)Cc1cnccn1)C(C)C. The van der Waals surface area contributed by atoms with Crippen molar-refractivity contribution in [2.75, 3.05) is 7.05 Å². The Morgan fingerprint density at radius 2 is 2.05 bits per heavy atom. The number of Topliss-reactive ketones (excluding diaryl/α,β-unsaturated/α-hetero) is 1. The van der Waals surface area contributed by atoms with Crippen molar-refractivity contribution in [3.63, 3.8) is 0 Å². The second kappa shape index (κ2) is 6.82. The number of urea groups is 1. The van der Waals surface area contributed by atoms with Gasteiger partial charge in [0.2, 0.25) is 0 Å². The molecule has 6 heteroatoms. The predicted octanol–water partition coefficient (Wildman–Crippen LogP) is 1.23. The highest BCUT2D eigenvalue weighted by Gasteiger charge is 2.22. The van der Waals surface area contributed by atoms with Gasteiger partial charge in [0.25, 0.3) is 0 Å². The van der Waals surface area contributed by atoms with E-state index in [0.717, 1.165) is 0 Å². The minimum atomic E-state index is -0.461. The number of hydrogen-bond donors (Lipinski definition) is 1. The lowest BCUT2D eigenvalue weighted by Crippen LogP contribution is -2.48. The summed E-state index contributed by atoms with van der Waals surface area (Å²) in [6.45, 7) is 5.63. The standard InChI is InChI=1S/C13H20N4O2/c1-9(2)12(10(3)18)16-13(19)17(4)8-11-7-14-5-6-15-11/h5-7,9,12H,8H2,1-4H3,(H,16,19). The highest BCUT2D eigenvalue weighted by Crippen LogP contribution is 2.04. The Morgan fingerprint density at radius 3 is 2.53 bits per heavy atom. The molecule has 1 atom stereocenters. The molecule has 0 spiro atoms. The van der Waals surface area contributed by atoms with E-state index in [2.05, 4.69) is 15.3 Å². The summed E-state index contributed by atoms with van der Waals surface area (Å²) in [6.07, 6.45) is 4.76. The first-order valence-electron chi connectivity index (χ1n) is 6.18. The fourth-order valence-electron chi connectivity index (χ4n) is 1.71. The summed E-state index contributed by atoms with van der Waals surface area (Å²) in [5, 5.41) is 2.73. The predicted molar refractivity (Wildman–Crippen MR) is 71.3 cm³/mol. The van der Waals surface area contributed by atoms with Crippen LogP contribution in [0.1, 0.15) is 26.5 Å². The minimum Gasteiger partial charge on any atom is -0.328 e. The van der Waals surface area contributed by atoms with Gasteiger partial charge < -0.3 is 10.2 Å². The molecule has 0 radical (unpaired) electrons. The Hall–Kier alpha value is -1.98. The van der Waals surface area contributed by atoms with E-state index in [1.165, 1.54) is 11.8 Å². The number of ketones is 1. The van der Waals surface area contributed by atoms with Gasteiger partial charge in [-0.05, 0) is 12.8 Å². The van der Waals surface area contributed by atoms with Crippen molar-refractivity contribution in [2.45, 2.75) is 33.4 Å². The zero-order chi connectivity index (χ0) is 14.4. The summed E-state index contributed by atoms with van der Waals surface area (Å²) in [4.78, 5) is 32.9. The van der Waals surface area contributed by atoms with Crippen LogP contribution in [-0.2, 0) is 11.3 Å². The molecule has 0 saturated heterocycles. The van der Waals surface area contributed by atoms with Crippen LogP contribution in [0.25, 0.3) is 0 Å². The Morgan fingerprint density at radius 1 is 1.37 bits per heavy atom. The zero-order valence-electron chi connectivity index (χ0n) is 11.8. The second-order valence-corrected chi connectivity index (χ2v) is 4.83. The molecule has 1 aromatic heterocycles. The van der Waals surface area contributed by atoms with Crippen LogP contribution in [0.5, 0.6) is 0 Å². The van der Waals surface area contributed by atoms with Gasteiger partial charge in [0, 0.05) is 19.4 Å². The molecule has 1 rings (SSSR count). The van der Waals surface area contributed by atoms with E-state index in [0.29, 0.717) is 12.2 Å². The van der Waals surface area contributed by atoms with E-state index in [4.69, 9.17) is 0 Å². The summed E-state index contributed by atoms with van der Waals surface area (Å²) in [5.41, 5.74) is 0.698. The minimum absolute atomic E-state index is 0.0451. The van der Waals surface area contributed by atoms with Crippen molar-refractivity contribution >= 4 is 11.8 Å². The van der Waals surface area contributed by atoms with Gasteiger partial charge >= 0.3 is 6.03 Å². The molecule has 0 saturated carbocycles. The first-order chi connectivity index (χ1) is 8.91. The summed E-state index contributed by atoms with van der Waals surface area (Å²) in [6, 6.07) is -0.753. The first kappa shape index (κ1) is 15.1. The van der Waals surface area contributed by atoms with Crippen LogP contribution < -0.4 is 5.32 Å². The molecule has 6 nitrogen and oxygen atoms in total. The van der Waals surface area contributed by atoms with Gasteiger partial charge in [-0.15, -0.1) is 0 Å². The highest BCUT2D eigenvalue weighted by molar-refractivity contribution is 5.87. The monoisotopic (exact) mass is 264 g/mol. The molecule has 0 aromatic carbocycles. The van der Waals surface area contributed by atoms with Crippen molar-refractivity contribution in [1.29, 1.82) is 0 Å². The maximum absolute atomic E-state index is 12.0. The number of nitrogens with zero attached hydrogens (tertiary/aromatic N) is 3. The third-order valence-corrected chi connectivity index (χ3v) is 2.75. The van der Waals surface area contributed by atoms with E-state index in [9.17, 15) is 9.59 Å². The molecule has 0 aliphatic carbocycles. The number of amides is 2. The van der Waals surface area contributed by atoms with Crippen LogP contribution in [0.15, 0.2) is 18.6 Å². The number of carbonyl (C=O) groups is 2. The van der Waals surface area contributed by atoms with Gasteiger partial charge in [-0.1, -0.05) is 13.8 Å². The largest absolute Gasteiger partial charge is 0.328 e. The van der Waals surface area contributed by atoms with Crippen LogP contribution in [0.3, 0.4) is 0 Å². The molecule has 1 aromatic rings. The third-order valence-electron chi connectivity index (χ3n) is 2.75. The van der Waals surface area contributed by atoms with Gasteiger partial charge in [-0.3, -0.25) is 14.8 Å². The van der Waals surface area contributed by atoms with E-state index in [1.807, 2.05) is 13.8 Å². The van der Waals surface area contributed by atoms with Crippen molar-refractivity contribution in [3.8, 4) is 0 Å². The first-order valence-corrected chi connectivity index (χ1v) is 6.18. The molecular weight excluding hydrogens is 244 g/mol. The van der Waals surface area contributed by atoms with Crippen LogP contribution in [-0.4, -0.2) is 39.8 Å². The summed E-state index contributed by atoms with van der Waals surface area (Å²) in [5.74, 6) is 0.0163. The molecule has 0 bridgehead atoms. The lowest BCUT2D eigenvalue weighted by Gasteiger charge is -2.24. The van der Waals surface area contributed by atoms with E-state index in [-0.39, 0.29) is 17.7 Å². The smallest absolute Gasteiger partial charge is 0.318 e. The number of carbonyl (C=O) groups excluding carboxylic acids is 2. The van der Waals surface area contributed by atoms with Gasteiger partial charge in [0.15, 0.2) is 5.78 Å². The molecule has 0 aliphatic heterocycles. The van der Waals surface area contributed by atoms with E-state index in [1.54, 1.807) is 25.6 Å².